The van der Waals surface area contributed by atoms with E-state index in [1.807, 2.05) is 0 Å². The first kappa shape index (κ1) is 7.07. The van der Waals surface area contributed by atoms with Gasteiger partial charge in [-0.15, -0.1) is 0 Å². The Balaban J connectivity index is 1.99. The third kappa shape index (κ3) is 0.506. The molecule has 4 atom stereocenters. The van der Waals surface area contributed by atoms with Crippen LogP contribution in [0, 0.1) is 17.3 Å². The SMILES string of the molecule is CC1(C)C2CC3OC3(C=O)C1C2. The summed E-state index contributed by atoms with van der Waals surface area (Å²) in [4.78, 5) is 10.9. The molecule has 4 fully saturated rings. The molecule has 4 aliphatic rings. The van der Waals surface area contributed by atoms with Gasteiger partial charge in [0.15, 0.2) is 11.9 Å². The van der Waals surface area contributed by atoms with Gasteiger partial charge in [-0.2, -0.15) is 0 Å². The molecule has 1 aliphatic heterocycles. The van der Waals surface area contributed by atoms with Crippen molar-refractivity contribution in [2.45, 2.75) is 38.4 Å². The van der Waals surface area contributed by atoms with Gasteiger partial charge in [0.25, 0.3) is 0 Å². The second-order valence-corrected chi connectivity index (χ2v) is 5.12. The lowest BCUT2D eigenvalue weighted by atomic mass is 9.46. The zero-order valence-electron chi connectivity index (χ0n) is 7.54. The molecule has 3 aliphatic carbocycles. The fourth-order valence-electron chi connectivity index (χ4n) is 3.38. The number of carbonyl (C=O) groups is 1. The third-order valence-electron chi connectivity index (χ3n) is 4.49. The van der Waals surface area contributed by atoms with Crippen LogP contribution < -0.4 is 0 Å². The Hall–Kier alpha value is -0.370. The van der Waals surface area contributed by atoms with Crippen LogP contribution in [-0.2, 0) is 9.53 Å². The van der Waals surface area contributed by atoms with Gasteiger partial charge in [-0.25, -0.2) is 0 Å². The van der Waals surface area contributed by atoms with E-state index in [0.29, 0.717) is 11.3 Å². The summed E-state index contributed by atoms with van der Waals surface area (Å²) >= 11 is 0. The number of epoxide rings is 1. The van der Waals surface area contributed by atoms with Gasteiger partial charge in [-0.1, -0.05) is 13.8 Å². The summed E-state index contributed by atoms with van der Waals surface area (Å²) in [5, 5.41) is 0. The van der Waals surface area contributed by atoms with Gasteiger partial charge in [-0.05, 0) is 24.2 Å². The predicted molar refractivity (Wildman–Crippen MR) is 43.7 cm³/mol. The van der Waals surface area contributed by atoms with Crippen LogP contribution in [0.4, 0.5) is 0 Å². The topological polar surface area (TPSA) is 29.6 Å². The van der Waals surface area contributed by atoms with Crippen LogP contribution in [0.15, 0.2) is 0 Å². The number of aldehydes is 1. The minimum atomic E-state index is -0.335. The van der Waals surface area contributed by atoms with E-state index in [-0.39, 0.29) is 11.7 Å². The van der Waals surface area contributed by atoms with Gasteiger partial charge in [0, 0.05) is 5.92 Å². The Bertz CT molecular complexity index is 259. The van der Waals surface area contributed by atoms with Crippen molar-refractivity contribution in [3.05, 3.63) is 0 Å². The lowest BCUT2D eigenvalue weighted by Gasteiger charge is -2.56. The highest BCUT2D eigenvalue weighted by Gasteiger charge is 2.75. The first-order valence-corrected chi connectivity index (χ1v) is 4.75. The average molecular weight is 166 g/mol. The normalized spacial score (nSPS) is 58.3. The van der Waals surface area contributed by atoms with Crippen LogP contribution in [0.2, 0.25) is 0 Å². The van der Waals surface area contributed by atoms with Crippen LogP contribution in [0.25, 0.3) is 0 Å². The van der Waals surface area contributed by atoms with Crippen LogP contribution >= 0.6 is 0 Å². The summed E-state index contributed by atoms with van der Waals surface area (Å²) in [7, 11) is 0. The molecule has 66 valence electrons. The van der Waals surface area contributed by atoms with Crippen LogP contribution in [0.3, 0.4) is 0 Å². The maximum absolute atomic E-state index is 10.9. The molecule has 0 radical (unpaired) electrons. The maximum Gasteiger partial charge on any atom is 0.154 e. The zero-order valence-corrected chi connectivity index (χ0v) is 7.54. The molecule has 3 saturated carbocycles. The largest absolute Gasteiger partial charge is 0.358 e. The van der Waals surface area contributed by atoms with E-state index in [0.717, 1.165) is 18.6 Å². The molecular formula is C10H14O2. The van der Waals surface area contributed by atoms with Gasteiger partial charge < -0.3 is 9.53 Å². The molecule has 0 aromatic rings. The number of hydrogen-bond acceptors (Lipinski definition) is 2. The summed E-state index contributed by atoms with van der Waals surface area (Å²) in [6.45, 7) is 4.55. The monoisotopic (exact) mass is 166 g/mol. The van der Waals surface area contributed by atoms with E-state index in [9.17, 15) is 4.79 Å². The van der Waals surface area contributed by atoms with E-state index in [4.69, 9.17) is 4.74 Å². The van der Waals surface area contributed by atoms with Crippen LogP contribution in [0.5, 0.6) is 0 Å². The molecule has 0 aromatic carbocycles. The second-order valence-electron chi connectivity index (χ2n) is 5.12. The van der Waals surface area contributed by atoms with E-state index < -0.39 is 0 Å². The highest BCUT2D eigenvalue weighted by atomic mass is 16.6. The fourth-order valence-corrected chi connectivity index (χ4v) is 3.38. The lowest BCUT2D eigenvalue weighted by Crippen LogP contribution is -2.57. The third-order valence-corrected chi connectivity index (χ3v) is 4.49. The predicted octanol–water partition coefficient (Wildman–Crippen LogP) is 1.39. The van der Waals surface area contributed by atoms with Gasteiger partial charge in [0.1, 0.15) is 0 Å². The van der Waals surface area contributed by atoms with Crippen molar-refractivity contribution in [2.75, 3.05) is 0 Å². The molecule has 4 unspecified atom stereocenters. The quantitative estimate of drug-likeness (QED) is 0.435. The Labute approximate surface area is 72.3 Å². The maximum atomic E-state index is 10.9. The highest BCUT2D eigenvalue weighted by Crippen LogP contribution is 2.69. The number of ether oxygens (including phenoxy) is 1. The van der Waals surface area contributed by atoms with E-state index in [1.165, 1.54) is 6.42 Å². The number of hydrogen-bond donors (Lipinski definition) is 0. The van der Waals surface area contributed by atoms with Crippen molar-refractivity contribution in [3.8, 4) is 0 Å². The van der Waals surface area contributed by atoms with Crippen molar-refractivity contribution in [1.29, 1.82) is 0 Å². The molecule has 1 heterocycles. The molecule has 2 heteroatoms. The van der Waals surface area contributed by atoms with Crippen molar-refractivity contribution in [3.63, 3.8) is 0 Å². The number of carbonyl (C=O) groups excluding carboxylic acids is 1. The Kier molecular flexibility index (Phi) is 0.958. The molecule has 1 saturated heterocycles. The zero-order chi connectivity index (χ0) is 8.56. The molecule has 2 bridgehead atoms. The summed E-state index contributed by atoms with van der Waals surface area (Å²) in [6, 6.07) is 0. The van der Waals surface area contributed by atoms with E-state index >= 15 is 0 Å². The first-order chi connectivity index (χ1) is 5.61. The standard InChI is InChI=1S/C10H14O2/c1-9(2)6-3-7(9)10(5-11)8(4-6)12-10/h5-8H,3-4H2,1-2H3. The molecule has 0 N–H and O–H groups in total. The molecule has 4 rings (SSSR count). The Morgan fingerprint density at radius 2 is 2.17 bits per heavy atom. The highest BCUT2D eigenvalue weighted by molar-refractivity contribution is 5.70. The fraction of sp³-hybridized carbons (Fsp3) is 0.900. The molecule has 2 nitrogen and oxygen atoms in total. The van der Waals surface area contributed by atoms with E-state index in [1.54, 1.807) is 0 Å². The second kappa shape index (κ2) is 1.63. The van der Waals surface area contributed by atoms with E-state index in [2.05, 4.69) is 13.8 Å². The van der Waals surface area contributed by atoms with Gasteiger partial charge in [0.2, 0.25) is 0 Å². The smallest absolute Gasteiger partial charge is 0.154 e. The molecule has 0 amide bonds. The molecule has 12 heavy (non-hydrogen) atoms. The minimum absolute atomic E-state index is 0.284. The van der Waals surface area contributed by atoms with Crippen molar-refractivity contribution in [1.82, 2.24) is 0 Å². The number of rotatable bonds is 1. The molecule has 0 aromatic heterocycles. The van der Waals surface area contributed by atoms with Crippen molar-refractivity contribution in [2.24, 2.45) is 17.3 Å². The Morgan fingerprint density at radius 1 is 1.42 bits per heavy atom. The summed E-state index contributed by atoms with van der Waals surface area (Å²) in [5.41, 5.74) is 0.0200. The van der Waals surface area contributed by atoms with Crippen molar-refractivity contribution >= 4 is 6.29 Å². The summed E-state index contributed by atoms with van der Waals surface area (Å²) in [6.07, 6.45) is 3.66. The van der Waals surface area contributed by atoms with Gasteiger partial charge >= 0.3 is 0 Å². The average Bonchev–Trinajstić information content (AvgIpc) is 2.77. The molecule has 0 spiro atoms. The Morgan fingerprint density at radius 3 is 2.67 bits per heavy atom. The minimum Gasteiger partial charge on any atom is -0.358 e. The first-order valence-electron chi connectivity index (χ1n) is 4.75. The van der Waals surface area contributed by atoms with Gasteiger partial charge in [0.05, 0.1) is 6.10 Å². The van der Waals surface area contributed by atoms with Crippen molar-refractivity contribution < 1.29 is 9.53 Å². The molecular weight excluding hydrogens is 152 g/mol. The van der Waals surface area contributed by atoms with Crippen LogP contribution in [0.1, 0.15) is 26.7 Å². The lowest BCUT2D eigenvalue weighted by molar-refractivity contribution is -0.129. The summed E-state index contributed by atoms with van der Waals surface area (Å²) < 4.78 is 5.54. The van der Waals surface area contributed by atoms with Crippen LogP contribution in [-0.4, -0.2) is 18.0 Å². The summed E-state index contributed by atoms with van der Waals surface area (Å²) in [5.74, 6) is 1.31. The van der Waals surface area contributed by atoms with Gasteiger partial charge in [-0.3, -0.25) is 0 Å².